The molecule has 0 fully saturated rings. The summed E-state index contributed by atoms with van der Waals surface area (Å²) in [7, 11) is 0. The number of amides is 1. The minimum absolute atomic E-state index is 0.255. The number of benzene rings is 1. The molecule has 2 heterocycles. The smallest absolute Gasteiger partial charge is 0.270 e. The number of aromatic nitrogens is 3. The molecule has 26 heavy (non-hydrogen) atoms. The van der Waals surface area contributed by atoms with Gasteiger partial charge in [0.25, 0.3) is 5.91 Å². The number of anilines is 1. The van der Waals surface area contributed by atoms with Crippen LogP contribution in [-0.4, -0.2) is 27.4 Å². The van der Waals surface area contributed by atoms with Crippen molar-refractivity contribution in [3.8, 4) is 0 Å². The maximum Gasteiger partial charge on any atom is 0.270 e. The fraction of sp³-hybridized carbons (Fsp3) is 0.158. The van der Waals surface area contributed by atoms with E-state index in [0.717, 1.165) is 5.56 Å². The average molecular weight is 351 g/mol. The van der Waals surface area contributed by atoms with Crippen molar-refractivity contribution in [3.63, 3.8) is 0 Å². The van der Waals surface area contributed by atoms with Crippen LogP contribution in [0.2, 0.25) is 0 Å². The number of pyridine rings is 1. The van der Waals surface area contributed by atoms with E-state index in [2.05, 4.69) is 25.6 Å². The van der Waals surface area contributed by atoms with Crippen LogP contribution in [0.15, 0.2) is 61.1 Å². The van der Waals surface area contributed by atoms with Crippen LogP contribution in [0.5, 0.6) is 0 Å². The molecule has 2 N–H and O–H groups in total. The van der Waals surface area contributed by atoms with Crippen LogP contribution in [-0.2, 0) is 13.0 Å². The first-order valence-corrected chi connectivity index (χ1v) is 8.20. The van der Waals surface area contributed by atoms with E-state index in [1.807, 2.05) is 12.1 Å². The molecular weight excluding hydrogens is 333 g/mol. The fourth-order valence-electron chi connectivity index (χ4n) is 2.35. The highest BCUT2D eigenvalue weighted by Gasteiger charge is 2.09. The molecule has 1 aromatic carbocycles. The van der Waals surface area contributed by atoms with Crippen LogP contribution >= 0.6 is 0 Å². The van der Waals surface area contributed by atoms with Crippen molar-refractivity contribution in [2.75, 3.05) is 11.9 Å². The highest BCUT2D eigenvalue weighted by Crippen LogP contribution is 2.07. The molecule has 0 bridgehead atoms. The molecule has 0 aliphatic rings. The minimum atomic E-state index is -0.323. The normalized spacial score (nSPS) is 10.3. The summed E-state index contributed by atoms with van der Waals surface area (Å²) >= 11 is 0. The van der Waals surface area contributed by atoms with Crippen LogP contribution in [0.1, 0.15) is 21.6 Å². The fourth-order valence-corrected chi connectivity index (χ4v) is 2.35. The molecule has 6 nitrogen and oxygen atoms in total. The standard InChI is InChI=1S/C19H18FN5O/c20-16-4-2-1-3-15(16)7-11-22-18(26)17-8-12-23-19(25-17)24-13-14-5-9-21-10-6-14/h1-6,8-10,12H,7,11,13H2,(H,22,26)(H,23,24,25). The van der Waals surface area contributed by atoms with Gasteiger partial charge in [0.05, 0.1) is 0 Å². The highest BCUT2D eigenvalue weighted by molar-refractivity contribution is 5.92. The van der Waals surface area contributed by atoms with Gasteiger partial charge in [-0.25, -0.2) is 14.4 Å². The Morgan fingerprint density at radius 2 is 1.85 bits per heavy atom. The van der Waals surface area contributed by atoms with Gasteiger partial charge < -0.3 is 10.6 Å². The van der Waals surface area contributed by atoms with Crippen molar-refractivity contribution in [2.24, 2.45) is 0 Å². The van der Waals surface area contributed by atoms with Crippen LogP contribution < -0.4 is 10.6 Å². The third kappa shape index (κ3) is 4.83. The first-order valence-electron chi connectivity index (χ1n) is 8.20. The Labute approximate surface area is 150 Å². The highest BCUT2D eigenvalue weighted by atomic mass is 19.1. The molecule has 132 valence electrons. The Kier molecular flexibility index (Phi) is 5.82. The van der Waals surface area contributed by atoms with Gasteiger partial charge in [0.2, 0.25) is 5.95 Å². The van der Waals surface area contributed by atoms with Crippen molar-refractivity contribution in [3.05, 3.63) is 83.7 Å². The van der Waals surface area contributed by atoms with Gasteiger partial charge in [-0.2, -0.15) is 0 Å². The number of nitrogens with zero attached hydrogens (tertiary/aromatic N) is 3. The molecule has 0 radical (unpaired) electrons. The summed E-state index contributed by atoms with van der Waals surface area (Å²) in [5, 5.41) is 5.81. The Morgan fingerprint density at radius 1 is 1.04 bits per heavy atom. The summed E-state index contributed by atoms with van der Waals surface area (Å²) in [4.78, 5) is 24.5. The Balaban J connectivity index is 1.53. The number of carbonyl (C=O) groups excluding carboxylic acids is 1. The molecule has 0 atom stereocenters. The topological polar surface area (TPSA) is 79.8 Å². The summed E-state index contributed by atoms with van der Waals surface area (Å²) in [5.41, 5.74) is 1.85. The summed E-state index contributed by atoms with van der Waals surface area (Å²) in [6, 6.07) is 11.8. The lowest BCUT2D eigenvalue weighted by Crippen LogP contribution is -2.27. The zero-order chi connectivity index (χ0) is 18.2. The molecular formula is C19H18FN5O. The second-order valence-corrected chi connectivity index (χ2v) is 5.57. The number of rotatable bonds is 7. The van der Waals surface area contributed by atoms with Crippen LogP contribution in [0.3, 0.4) is 0 Å². The van der Waals surface area contributed by atoms with Gasteiger partial charge in [-0.05, 0) is 41.8 Å². The second kappa shape index (κ2) is 8.66. The van der Waals surface area contributed by atoms with Crippen LogP contribution in [0, 0.1) is 5.82 Å². The van der Waals surface area contributed by atoms with E-state index in [1.165, 1.54) is 18.3 Å². The van der Waals surface area contributed by atoms with E-state index in [-0.39, 0.29) is 17.4 Å². The van der Waals surface area contributed by atoms with Gasteiger partial charge in [0, 0.05) is 31.7 Å². The van der Waals surface area contributed by atoms with Crippen molar-refractivity contribution in [1.82, 2.24) is 20.3 Å². The average Bonchev–Trinajstić information content (AvgIpc) is 2.69. The lowest BCUT2D eigenvalue weighted by Gasteiger charge is -2.08. The van der Waals surface area contributed by atoms with E-state index in [4.69, 9.17) is 0 Å². The van der Waals surface area contributed by atoms with E-state index in [1.54, 1.807) is 30.6 Å². The first kappa shape index (κ1) is 17.5. The third-order valence-electron chi connectivity index (χ3n) is 3.73. The van der Waals surface area contributed by atoms with Gasteiger partial charge in [-0.3, -0.25) is 9.78 Å². The van der Waals surface area contributed by atoms with E-state index >= 15 is 0 Å². The van der Waals surface area contributed by atoms with Crippen LogP contribution in [0.4, 0.5) is 10.3 Å². The number of halogens is 1. The molecule has 3 aromatic rings. The van der Waals surface area contributed by atoms with E-state index in [0.29, 0.717) is 31.0 Å². The largest absolute Gasteiger partial charge is 0.350 e. The lowest BCUT2D eigenvalue weighted by molar-refractivity contribution is 0.0949. The predicted octanol–water partition coefficient (Wildman–Crippen LogP) is 2.60. The number of hydrogen-bond donors (Lipinski definition) is 2. The quantitative estimate of drug-likeness (QED) is 0.684. The molecule has 0 spiro atoms. The molecule has 0 saturated heterocycles. The van der Waals surface area contributed by atoms with Crippen molar-refractivity contribution in [2.45, 2.75) is 13.0 Å². The summed E-state index contributed by atoms with van der Waals surface area (Å²) in [5.74, 6) is -0.231. The summed E-state index contributed by atoms with van der Waals surface area (Å²) in [6.45, 7) is 0.852. The predicted molar refractivity (Wildman–Crippen MR) is 96.0 cm³/mol. The van der Waals surface area contributed by atoms with Gasteiger partial charge in [0.15, 0.2) is 0 Å². The molecule has 2 aromatic heterocycles. The molecule has 1 amide bonds. The third-order valence-corrected chi connectivity index (χ3v) is 3.73. The maximum atomic E-state index is 13.6. The lowest BCUT2D eigenvalue weighted by atomic mass is 10.1. The number of nitrogens with one attached hydrogen (secondary N) is 2. The molecule has 3 rings (SSSR count). The number of carbonyl (C=O) groups is 1. The second-order valence-electron chi connectivity index (χ2n) is 5.57. The van der Waals surface area contributed by atoms with Crippen molar-refractivity contribution >= 4 is 11.9 Å². The molecule has 7 heteroatoms. The number of hydrogen-bond acceptors (Lipinski definition) is 5. The van der Waals surface area contributed by atoms with Gasteiger partial charge in [0.1, 0.15) is 11.5 Å². The zero-order valence-corrected chi connectivity index (χ0v) is 14.0. The Bertz CT molecular complexity index is 873. The molecule has 0 saturated carbocycles. The molecule has 0 unspecified atom stereocenters. The SMILES string of the molecule is O=C(NCCc1ccccc1F)c1ccnc(NCc2ccncc2)n1. The maximum absolute atomic E-state index is 13.6. The molecule has 0 aliphatic carbocycles. The van der Waals surface area contributed by atoms with Gasteiger partial charge in [-0.1, -0.05) is 18.2 Å². The summed E-state index contributed by atoms with van der Waals surface area (Å²) < 4.78 is 13.6. The summed E-state index contributed by atoms with van der Waals surface area (Å²) in [6.07, 6.45) is 5.35. The minimum Gasteiger partial charge on any atom is -0.350 e. The van der Waals surface area contributed by atoms with Gasteiger partial charge in [-0.15, -0.1) is 0 Å². The van der Waals surface area contributed by atoms with Gasteiger partial charge >= 0.3 is 0 Å². The Morgan fingerprint density at radius 3 is 2.65 bits per heavy atom. The zero-order valence-electron chi connectivity index (χ0n) is 14.0. The van der Waals surface area contributed by atoms with Crippen LogP contribution in [0.25, 0.3) is 0 Å². The first-order chi connectivity index (χ1) is 12.7. The van der Waals surface area contributed by atoms with Crippen molar-refractivity contribution < 1.29 is 9.18 Å². The monoisotopic (exact) mass is 351 g/mol. The van der Waals surface area contributed by atoms with E-state index in [9.17, 15) is 9.18 Å². The molecule has 0 aliphatic heterocycles. The Hall–Kier alpha value is -3.35. The van der Waals surface area contributed by atoms with E-state index < -0.39 is 0 Å². The van der Waals surface area contributed by atoms with Crippen molar-refractivity contribution in [1.29, 1.82) is 0 Å².